The van der Waals surface area contributed by atoms with Crippen molar-refractivity contribution in [3.8, 4) is 0 Å². The predicted octanol–water partition coefficient (Wildman–Crippen LogP) is 3.59. The summed E-state index contributed by atoms with van der Waals surface area (Å²) in [6, 6.07) is 11.2. The van der Waals surface area contributed by atoms with Gasteiger partial charge in [-0.25, -0.2) is 0 Å². The lowest BCUT2D eigenvalue weighted by molar-refractivity contribution is 0.399. The molecule has 1 aromatic carbocycles. The molecule has 2 aromatic rings. The van der Waals surface area contributed by atoms with Crippen LogP contribution in [-0.4, -0.2) is 30.7 Å². The van der Waals surface area contributed by atoms with Gasteiger partial charge in [-0.3, -0.25) is 4.98 Å². The van der Waals surface area contributed by atoms with Gasteiger partial charge in [0.25, 0.3) is 0 Å². The third-order valence-electron chi connectivity index (χ3n) is 4.31. The van der Waals surface area contributed by atoms with Crippen molar-refractivity contribution in [2.75, 3.05) is 24.5 Å². The smallest absolute Gasteiger partial charge is 0.0722 e. The molecule has 3 heteroatoms. The topological polar surface area (TPSA) is 28.2 Å². The summed E-state index contributed by atoms with van der Waals surface area (Å²) in [7, 11) is 0. The van der Waals surface area contributed by atoms with E-state index in [1.54, 1.807) is 0 Å². The molecule has 1 unspecified atom stereocenters. The zero-order valence-corrected chi connectivity index (χ0v) is 12.9. The Hall–Kier alpha value is -1.61. The number of hydrogen-bond donors (Lipinski definition) is 1. The molecule has 0 radical (unpaired) electrons. The maximum Gasteiger partial charge on any atom is 0.0722 e. The Balaban J connectivity index is 1.87. The van der Waals surface area contributed by atoms with Gasteiger partial charge in [0.15, 0.2) is 0 Å². The van der Waals surface area contributed by atoms with E-state index in [0.29, 0.717) is 6.04 Å². The van der Waals surface area contributed by atoms with E-state index < -0.39 is 0 Å². The van der Waals surface area contributed by atoms with Gasteiger partial charge in [-0.1, -0.05) is 31.5 Å². The number of rotatable bonds is 5. The predicted molar refractivity (Wildman–Crippen MR) is 89.9 cm³/mol. The molecule has 112 valence electrons. The minimum absolute atomic E-state index is 0.622. The third-order valence-corrected chi connectivity index (χ3v) is 4.31. The first-order valence-corrected chi connectivity index (χ1v) is 8.20. The van der Waals surface area contributed by atoms with Crippen molar-refractivity contribution in [3.63, 3.8) is 0 Å². The molecule has 3 nitrogen and oxygen atoms in total. The fraction of sp³-hybridized carbons (Fsp3) is 0.500. The van der Waals surface area contributed by atoms with Crippen LogP contribution in [0.3, 0.4) is 0 Å². The maximum atomic E-state index is 4.49. The van der Waals surface area contributed by atoms with Crippen LogP contribution in [0.1, 0.15) is 32.6 Å². The molecule has 0 aliphatic carbocycles. The second kappa shape index (κ2) is 6.90. The van der Waals surface area contributed by atoms with Crippen molar-refractivity contribution in [1.82, 2.24) is 10.3 Å². The number of nitrogens with one attached hydrogen (secondary N) is 1. The summed E-state index contributed by atoms with van der Waals surface area (Å²) in [5.74, 6) is 0. The zero-order valence-electron chi connectivity index (χ0n) is 12.9. The quantitative estimate of drug-likeness (QED) is 0.909. The summed E-state index contributed by atoms with van der Waals surface area (Å²) in [4.78, 5) is 7.02. The Morgan fingerprint density at radius 3 is 2.95 bits per heavy atom. The number of anilines is 1. The van der Waals surface area contributed by atoms with E-state index in [1.807, 2.05) is 6.20 Å². The van der Waals surface area contributed by atoms with E-state index in [2.05, 4.69) is 52.5 Å². The van der Waals surface area contributed by atoms with Crippen molar-refractivity contribution in [2.45, 2.75) is 38.6 Å². The molecule has 1 aliphatic rings. The van der Waals surface area contributed by atoms with Crippen molar-refractivity contribution in [3.05, 3.63) is 36.5 Å². The summed E-state index contributed by atoms with van der Waals surface area (Å²) >= 11 is 0. The number of nitrogens with zero attached hydrogens (tertiary/aromatic N) is 2. The van der Waals surface area contributed by atoms with Gasteiger partial charge < -0.3 is 10.2 Å². The molecule has 1 fully saturated rings. The monoisotopic (exact) mass is 283 g/mol. The van der Waals surface area contributed by atoms with Gasteiger partial charge in [-0.15, -0.1) is 0 Å². The molecule has 1 aromatic heterocycles. The molecule has 21 heavy (non-hydrogen) atoms. The van der Waals surface area contributed by atoms with Gasteiger partial charge in [0.1, 0.15) is 0 Å². The molecule has 0 bridgehead atoms. The second-order valence-electron chi connectivity index (χ2n) is 5.94. The average Bonchev–Trinajstić information content (AvgIpc) is 2.55. The highest BCUT2D eigenvalue weighted by atomic mass is 15.2. The normalized spacial score (nSPS) is 18.8. The molecule has 2 heterocycles. The molecule has 0 spiro atoms. The first kappa shape index (κ1) is 14.3. The first-order chi connectivity index (χ1) is 10.4. The van der Waals surface area contributed by atoms with Gasteiger partial charge in [0, 0.05) is 36.4 Å². The lowest BCUT2D eigenvalue weighted by Crippen LogP contribution is -2.44. The standard InChI is InChI=1S/C18H25N3/c1-2-13-21(14-15-7-5-6-11-19-15)18-10-12-20-17-9-4-3-8-16(17)18/h3-4,8-10,12,15,19H,2,5-7,11,13-14H2,1H3. The van der Waals surface area contributed by atoms with Crippen LogP contribution >= 0.6 is 0 Å². The highest BCUT2D eigenvalue weighted by Gasteiger charge is 2.18. The van der Waals surface area contributed by atoms with Crippen LogP contribution in [0.25, 0.3) is 10.9 Å². The largest absolute Gasteiger partial charge is 0.369 e. The number of piperidine rings is 1. The van der Waals surface area contributed by atoms with E-state index >= 15 is 0 Å². The molecule has 1 aliphatic heterocycles. The van der Waals surface area contributed by atoms with E-state index in [4.69, 9.17) is 0 Å². The van der Waals surface area contributed by atoms with Crippen LogP contribution in [0.2, 0.25) is 0 Å². The lowest BCUT2D eigenvalue weighted by Gasteiger charge is -2.32. The maximum absolute atomic E-state index is 4.49. The minimum Gasteiger partial charge on any atom is -0.369 e. The van der Waals surface area contributed by atoms with Crippen molar-refractivity contribution >= 4 is 16.6 Å². The highest BCUT2D eigenvalue weighted by Crippen LogP contribution is 2.26. The van der Waals surface area contributed by atoms with Crippen molar-refractivity contribution in [1.29, 1.82) is 0 Å². The van der Waals surface area contributed by atoms with Gasteiger partial charge in [0.05, 0.1) is 5.52 Å². The van der Waals surface area contributed by atoms with E-state index in [-0.39, 0.29) is 0 Å². The molecule has 1 N–H and O–H groups in total. The second-order valence-corrected chi connectivity index (χ2v) is 5.94. The summed E-state index contributed by atoms with van der Waals surface area (Å²) in [6.07, 6.45) is 7.08. The number of pyridine rings is 1. The minimum atomic E-state index is 0.622. The summed E-state index contributed by atoms with van der Waals surface area (Å²) in [5, 5.41) is 4.94. The summed E-state index contributed by atoms with van der Waals surface area (Å²) in [6.45, 7) is 5.63. The number of aromatic nitrogens is 1. The molecule has 0 amide bonds. The van der Waals surface area contributed by atoms with Gasteiger partial charge >= 0.3 is 0 Å². The Morgan fingerprint density at radius 1 is 1.24 bits per heavy atom. The van der Waals surface area contributed by atoms with Gasteiger partial charge in [-0.2, -0.15) is 0 Å². The molecule has 1 atom stereocenters. The molecule has 0 saturated carbocycles. The summed E-state index contributed by atoms with van der Waals surface area (Å²) < 4.78 is 0. The number of hydrogen-bond acceptors (Lipinski definition) is 3. The Bertz CT molecular complexity index is 570. The van der Waals surface area contributed by atoms with Crippen molar-refractivity contribution in [2.24, 2.45) is 0 Å². The Morgan fingerprint density at radius 2 is 2.14 bits per heavy atom. The number of benzene rings is 1. The number of para-hydroxylation sites is 1. The van der Waals surface area contributed by atoms with E-state index in [1.165, 1.54) is 43.3 Å². The van der Waals surface area contributed by atoms with Crippen LogP contribution in [-0.2, 0) is 0 Å². The van der Waals surface area contributed by atoms with Crippen molar-refractivity contribution < 1.29 is 0 Å². The first-order valence-electron chi connectivity index (χ1n) is 8.20. The molecular formula is C18H25N3. The van der Waals surface area contributed by atoms with E-state index in [9.17, 15) is 0 Å². The van der Waals surface area contributed by atoms with Crippen LogP contribution < -0.4 is 10.2 Å². The fourth-order valence-electron chi connectivity index (χ4n) is 3.28. The van der Waals surface area contributed by atoms with Crippen LogP contribution in [0.15, 0.2) is 36.5 Å². The van der Waals surface area contributed by atoms with Gasteiger partial charge in [-0.05, 0) is 37.9 Å². The fourth-order valence-corrected chi connectivity index (χ4v) is 3.28. The zero-order chi connectivity index (χ0) is 14.5. The SMILES string of the molecule is CCCN(CC1CCCCN1)c1ccnc2ccccc12. The van der Waals surface area contributed by atoms with E-state index in [0.717, 1.165) is 18.6 Å². The highest BCUT2D eigenvalue weighted by molar-refractivity contribution is 5.91. The van der Waals surface area contributed by atoms with Crippen LogP contribution in [0.4, 0.5) is 5.69 Å². The van der Waals surface area contributed by atoms with Crippen LogP contribution in [0.5, 0.6) is 0 Å². The molecule has 3 rings (SSSR count). The third kappa shape index (κ3) is 3.35. The summed E-state index contributed by atoms with van der Waals surface area (Å²) in [5.41, 5.74) is 2.42. The average molecular weight is 283 g/mol. The molecule has 1 saturated heterocycles. The van der Waals surface area contributed by atoms with Crippen LogP contribution in [0, 0.1) is 0 Å². The van der Waals surface area contributed by atoms with Gasteiger partial charge in [0.2, 0.25) is 0 Å². The molecular weight excluding hydrogens is 258 g/mol. The Kier molecular flexibility index (Phi) is 4.71. The Labute approximate surface area is 127 Å². The number of fused-ring (bicyclic) bond motifs is 1. The lowest BCUT2D eigenvalue weighted by atomic mass is 10.0.